The van der Waals surface area contributed by atoms with E-state index in [4.69, 9.17) is 11.6 Å². The summed E-state index contributed by atoms with van der Waals surface area (Å²) in [6.45, 7) is 1.14. The molecule has 6 nitrogen and oxygen atoms in total. The topological polar surface area (TPSA) is 81.1 Å². The minimum absolute atomic E-state index is 0.0281. The van der Waals surface area contributed by atoms with Gasteiger partial charge >= 0.3 is 0 Å². The van der Waals surface area contributed by atoms with Crippen molar-refractivity contribution < 1.29 is 19.8 Å². The highest BCUT2D eigenvalue weighted by molar-refractivity contribution is 7.10. The van der Waals surface area contributed by atoms with E-state index in [1.54, 1.807) is 0 Å². The van der Waals surface area contributed by atoms with Crippen LogP contribution in [0.3, 0.4) is 0 Å². The van der Waals surface area contributed by atoms with Gasteiger partial charge in [0.05, 0.1) is 17.2 Å². The Hall–Kier alpha value is -2.35. The predicted octanol–water partition coefficient (Wildman–Crippen LogP) is 3.48. The molecule has 8 heteroatoms. The lowest BCUT2D eigenvalue weighted by molar-refractivity contribution is -0.139. The number of hydrogen-bond donors (Lipinski definition) is 2. The monoisotopic (exact) mass is 420 g/mol. The van der Waals surface area contributed by atoms with E-state index in [-0.39, 0.29) is 16.9 Å². The van der Waals surface area contributed by atoms with E-state index in [1.807, 2.05) is 36.5 Å². The van der Waals surface area contributed by atoms with E-state index >= 15 is 0 Å². The molecule has 0 aliphatic carbocycles. The van der Waals surface area contributed by atoms with Crippen LogP contribution in [0.4, 0.5) is 0 Å². The third kappa shape index (κ3) is 3.92. The average Bonchev–Trinajstić information content (AvgIpc) is 3.25. The highest BCUT2D eigenvalue weighted by Crippen LogP contribution is 2.42. The summed E-state index contributed by atoms with van der Waals surface area (Å²) in [4.78, 5) is 29.8. The summed E-state index contributed by atoms with van der Waals surface area (Å²) in [6.07, 6.45) is 0.685. The fraction of sp³-hybridized carbons (Fsp3) is 0.300. The lowest BCUT2D eigenvalue weighted by Gasteiger charge is -2.24. The molecular weight excluding hydrogens is 400 g/mol. The summed E-state index contributed by atoms with van der Waals surface area (Å²) in [6, 6.07) is 7.15. The maximum atomic E-state index is 12.8. The van der Waals surface area contributed by atoms with Crippen molar-refractivity contribution >= 4 is 40.4 Å². The Morgan fingerprint density at radius 3 is 2.68 bits per heavy atom. The van der Waals surface area contributed by atoms with E-state index in [2.05, 4.69) is 0 Å². The standard InChI is InChI=1S/C20H21ClN2O4S/c1-22(2)8-4-9-23-17(15-5-3-10-28-15)16(19(26)20(23)27)18(25)13-11-12(21)6-7-14(13)24/h3,5-7,10-11,17,24-25H,4,8-9H2,1-2H3. The molecule has 2 heterocycles. The van der Waals surface area contributed by atoms with Gasteiger partial charge in [-0.1, -0.05) is 17.7 Å². The van der Waals surface area contributed by atoms with Gasteiger partial charge in [-0.3, -0.25) is 9.59 Å². The molecule has 1 aliphatic rings. The first-order chi connectivity index (χ1) is 13.3. The lowest BCUT2D eigenvalue weighted by atomic mass is 9.99. The molecular formula is C20H21ClN2O4S. The number of benzene rings is 1. The molecule has 1 unspecified atom stereocenters. The SMILES string of the molecule is CN(C)CCCN1C(=O)C(=O)C(=C(O)c2cc(Cl)ccc2O)C1c1cccs1. The summed E-state index contributed by atoms with van der Waals surface area (Å²) in [7, 11) is 3.87. The zero-order valence-corrected chi connectivity index (χ0v) is 17.1. The van der Waals surface area contributed by atoms with Gasteiger partial charge < -0.3 is 20.0 Å². The Balaban J connectivity index is 2.09. The van der Waals surface area contributed by atoms with Crippen LogP contribution in [0.25, 0.3) is 5.76 Å². The number of hydrogen-bond acceptors (Lipinski definition) is 6. The van der Waals surface area contributed by atoms with Crippen LogP contribution in [0.15, 0.2) is 41.3 Å². The molecule has 1 saturated heterocycles. The van der Waals surface area contributed by atoms with Crippen LogP contribution >= 0.6 is 22.9 Å². The van der Waals surface area contributed by atoms with Gasteiger partial charge in [0.15, 0.2) is 0 Å². The smallest absolute Gasteiger partial charge is 0.295 e. The largest absolute Gasteiger partial charge is 0.507 e. The third-order valence-electron chi connectivity index (χ3n) is 4.57. The number of phenolic OH excluding ortho intramolecular Hbond substituents is 1. The van der Waals surface area contributed by atoms with Crippen molar-refractivity contribution in [3.63, 3.8) is 0 Å². The maximum Gasteiger partial charge on any atom is 0.295 e. The lowest BCUT2D eigenvalue weighted by Crippen LogP contribution is -2.32. The molecule has 1 amide bonds. The highest BCUT2D eigenvalue weighted by atomic mass is 35.5. The van der Waals surface area contributed by atoms with E-state index in [9.17, 15) is 19.8 Å². The number of aliphatic hydroxyl groups excluding tert-OH is 1. The second kappa shape index (κ2) is 8.34. The van der Waals surface area contributed by atoms with Gasteiger partial charge in [0.25, 0.3) is 11.7 Å². The molecule has 1 aromatic carbocycles. The van der Waals surface area contributed by atoms with Gasteiger partial charge in [-0.15, -0.1) is 11.3 Å². The maximum absolute atomic E-state index is 12.8. The Morgan fingerprint density at radius 2 is 2.04 bits per heavy atom. The van der Waals surface area contributed by atoms with Crippen LogP contribution in [-0.2, 0) is 9.59 Å². The number of amides is 1. The van der Waals surface area contributed by atoms with Crippen molar-refractivity contribution in [3.05, 3.63) is 56.7 Å². The van der Waals surface area contributed by atoms with Gasteiger partial charge in [-0.25, -0.2) is 0 Å². The van der Waals surface area contributed by atoms with E-state index in [1.165, 1.54) is 34.4 Å². The second-order valence-corrected chi connectivity index (χ2v) is 8.24. The number of ketones is 1. The summed E-state index contributed by atoms with van der Waals surface area (Å²) in [5.41, 5.74) is -0.00443. The number of carbonyl (C=O) groups excluding carboxylic acids is 2. The molecule has 28 heavy (non-hydrogen) atoms. The first kappa shape index (κ1) is 20.4. The molecule has 1 atom stereocenters. The molecule has 0 bridgehead atoms. The molecule has 0 radical (unpaired) electrons. The number of rotatable bonds is 6. The fourth-order valence-electron chi connectivity index (χ4n) is 3.25. The van der Waals surface area contributed by atoms with Crippen LogP contribution in [0.5, 0.6) is 5.75 Å². The molecule has 2 aromatic rings. The number of thiophene rings is 1. The third-order valence-corrected chi connectivity index (χ3v) is 5.73. The number of phenols is 1. The van der Waals surface area contributed by atoms with Crippen molar-refractivity contribution in [2.45, 2.75) is 12.5 Å². The molecule has 148 valence electrons. The Labute approximate surface area is 172 Å². The van der Waals surface area contributed by atoms with Crippen molar-refractivity contribution in [2.24, 2.45) is 0 Å². The minimum Gasteiger partial charge on any atom is -0.507 e. The van der Waals surface area contributed by atoms with Crippen LogP contribution in [0.2, 0.25) is 5.02 Å². The van der Waals surface area contributed by atoms with Crippen molar-refractivity contribution in [1.29, 1.82) is 0 Å². The molecule has 1 aromatic heterocycles. The van der Waals surface area contributed by atoms with Crippen molar-refractivity contribution in [3.8, 4) is 5.75 Å². The molecule has 1 fully saturated rings. The highest BCUT2D eigenvalue weighted by Gasteiger charge is 2.46. The molecule has 2 N–H and O–H groups in total. The van der Waals surface area contributed by atoms with Gasteiger partial charge in [0, 0.05) is 16.4 Å². The predicted molar refractivity (Wildman–Crippen MR) is 110 cm³/mol. The van der Waals surface area contributed by atoms with E-state index < -0.39 is 23.5 Å². The molecule has 0 saturated carbocycles. The average molecular weight is 421 g/mol. The second-order valence-electron chi connectivity index (χ2n) is 6.83. The van der Waals surface area contributed by atoms with Crippen molar-refractivity contribution in [2.75, 3.05) is 27.2 Å². The number of nitrogens with zero attached hydrogens (tertiary/aromatic N) is 2. The Bertz CT molecular complexity index is 924. The summed E-state index contributed by atoms with van der Waals surface area (Å²) in [5, 5.41) is 23.2. The van der Waals surface area contributed by atoms with Gasteiger partial charge in [-0.05, 0) is 56.7 Å². The molecule has 1 aliphatic heterocycles. The number of aromatic hydroxyl groups is 1. The van der Waals surface area contributed by atoms with Gasteiger partial charge in [0.1, 0.15) is 11.5 Å². The van der Waals surface area contributed by atoms with Crippen LogP contribution in [-0.4, -0.2) is 58.9 Å². The quantitative estimate of drug-likeness (QED) is 0.425. The number of likely N-dealkylation sites (tertiary alicyclic amines) is 1. The fourth-order valence-corrected chi connectivity index (χ4v) is 4.27. The Kier molecular flexibility index (Phi) is 6.07. The first-order valence-corrected chi connectivity index (χ1v) is 10.0. The minimum atomic E-state index is -0.764. The zero-order valence-electron chi connectivity index (χ0n) is 15.6. The zero-order chi connectivity index (χ0) is 20.4. The summed E-state index contributed by atoms with van der Waals surface area (Å²) >= 11 is 7.39. The Morgan fingerprint density at radius 1 is 1.29 bits per heavy atom. The molecule has 3 rings (SSSR count). The van der Waals surface area contributed by atoms with Crippen LogP contribution in [0, 0.1) is 0 Å². The normalized spacial score (nSPS) is 19.0. The van der Waals surface area contributed by atoms with E-state index in [0.717, 1.165) is 11.4 Å². The summed E-state index contributed by atoms with van der Waals surface area (Å²) in [5.74, 6) is -2.06. The van der Waals surface area contributed by atoms with E-state index in [0.29, 0.717) is 18.0 Å². The first-order valence-electron chi connectivity index (χ1n) is 8.76. The van der Waals surface area contributed by atoms with Crippen LogP contribution < -0.4 is 0 Å². The molecule has 0 spiro atoms. The number of carbonyl (C=O) groups is 2. The van der Waals surface area contributed by atoms with Gasteiger partial charge in [-0.2, -0.15) is 0 Å². The number of halogens is 1. The van der Waals surface area contributed by atoms with Gasteiger partial charge in [0.2, 0.25) is 0 Å². The number of aliphatic hydroxyl groups is 1. The number of Topliss-reactive ketones (excluding diaryl/α,β-unsaturated/α-hetero) is 1. The van der Waals surface area contributed by atoms with Crippen LogP contribution in [0.1, 0.15) is 22.9 Å². The summed E-state index contributed by atoms with van der Waals surface area (Å²) < 4.78 is 0. The van der Waals surface area contributed by atoms with Crippen molar-refractivity contribution in [1.82, 2.24) is 9.80 Å².